The zero-order valence-corrected chi connectivity index (χ0v) is 9.09. The van der Waals surface area contributed by atoms with Gasteiger partial charge in [0.1, 0.15) is 6.04 Å². The Hall–Kier alpha value is 0.650. The zero-order chi connectivity index (χ0) is 9.78. The first-order chi connectivity index (χ1) is 5.37. The lowest BCUT2D eigenvalue weighted by atomic mass is 10.3. The summed E-state index contributed by atoms with van der Waals surface area (Å²) in [5.74, 6) is -0.866. The summed E-state index contributed by atoms with van der Waals surface area (Å²) < 4.78 is -1.48. The molecular weight excluding hydrogens is 244 g/mol. The van der Waals surface area contributed by atoms with Crippen LogP contribution in [0.1, 0.15) is 0 Å². The monoisotopic (exact) mass is 251 g/mol. The molecule has 0 rings (SSSR count). The van der Waals surface area contributed by atoms with Crippen LogP contribution in [0.25, 0.3) is 0 Å². The Labute approximate surface area is 90.8 Å². The lowest BCUT2D eigenvalue weighted by Crippen LogP contribution is -2.42. The van der Waals surface area contributed by atoms with E-state index in [2.05, 4.69) is 17.9 Å². The molecule has 72 valence electrons. The van der Waals surface area contributed by atoms with Crippen LogP contribution in [0.3, 0.4) is 0 Å². The molecule has 7 heteroatoms. The normalized spacial score (nSPS) is 14.3. The van der Waals surface area contributed by atoms with Crippen molar-refractivity contribution in [3.05, 3.63) is 0 Å². The molecule has 0 fully saturated rings. The van der Waals surface area contributed by atoms with Crippen molar-refractivity contribution in [2.75, 3.05) is 12.3 Å². The summed E-state index contributed by atoms with van der Waals surface area (Å²) >= 11 is 20.0. The molecule has 0 aromatic heterocycles. The second-order valence-electron chi connectivity index (χ2n) is 2.07. The molecule has 0 saturated heterocycles. The van der Waals surface area contributed by atoms with Gasteiger partial charge in [-0.05, 0) is 0 Å². The van der Waals surface area contributed by atoms with Gasteiger partial charge in [-0.15, -0.1) is 0 Å². The lowest BCUT2D eigenvalue weighted by Gasteiger charge is -2.15. The highest BCUT2D eigenvalue weighted by atomic mass is 35.6. The van der Waals surface area contributed by atoms with E-state index < -0.39 is 15.8 Å². The largest absolute Gasteiger partial charge is 0.480 e. The summed E-state index contributed by atoms with van der Waals surface area (Å²) in [7, 11) is 0. The quantitative estimate of drug-likeness (QED) is 0.523. The molecule has 1 atom stereocenters. The van der Waals surface area contributed by atoms with E-state index >= 15 is 0 Å². The van der Waals surface area contributed by atoms with E-state index in [1.165, 1.54) is 0 Å². The predicted octanol–water partition coefficient (Wildman–Crippen LogP) is 1.33. The molecular formula is C5H8Cl3NO2S. The number of carbonyl (C=O) groups is 1. The number of aliphatic carboxylic acids is 1. The van der Waals surface area contributed by atoms with Gasteiger partial charge in [0.15, 0.2) is 0 Å². The van der Waals surface area contributed by atoms with Crippen LogP contribution in [-0.4, -0.2) is 33.2 Å². The number of carboxylic acids is 1. The summed E-state index contributed by atoms with van der Waals surface area (Å²) in [4.78, 5) is 10.4. The maximum atomic E-state index is 10.4. The van der Waals surface area contributed by atoms with Gasteiger partial charge >= 0.3 is 5.97 Å². The molecule has 0 aliphatic carbocycles. The van der Waals surface area contributed by atoms with Crippen LogP contribution in [0.5, 0.6) is 0 Å². The lowest BCUT2D eigenvalue weighted by molar-refractivity contribution is -0.138. The molecule has 0 bridgehead atoms. The van der Waals surface area contributed by atoms with E-state index in [1.54, 1.807) is 0 Å². The van der Waals surface area contributed by atoms with E-state index in [-0.39, 0.29) is 12.3 Å². The van der Waals surface area contributed by atoms with E-state index in [4.69, 9.17) is 39.9 Å². The Morgan fingerprint density at radius 3 is 2.33 bits per heavy atom. The molecule has 0 aliphatic rings. The van der Waals surface area contributed by atoms with Crippen molar-refractivity contribution in [1.82, 2.24) is 5.32 Å². The number of hydrogen-bond donors (Lipinski definition) is 3. The molecule has 12 heavy (non-hydrogen) atoms. The number of nitrogens with one attached hydrogen (secondary N) is 1. The molecule has 0 saturated carbocycles. The maximum absolute atomic E-state index is 10.4. The smallest absolute Gasteiger partial charge is 0.321 e. The van der Waals surface area contributed by atoms with Crippen molar-refractivity contribution >= 4 is 53.4 Å². The fraction of sp³-hybridized carbons (Fsp3) is 0.800. The highest BCUT2D eigenvalue weighted by molar-refractivity contribution is 7.80. The highest BCUT2D eigenvalue weighted by Crippen LogP contribution is 2.24. The minimum Gasteiger partial charge on any atom is -0.480 e. The highest BCUT2D eigenvalue weighted by Gasteiger charge is 2.23. The van der Waals surface area contributed by atoms with E-state index in [1.807, 2.05) is 0 Å². The van der Waals surface area contributed by atoms with Gasteiger partial charge in [-0.2, -0.15) is 12.6 Å². The van der Waals surface area contributed by atoms with Crippen LogP contribution in [-0.2, 0) is 4.79 Å². The molecule has 2 N–H and O–H groups in total. The first-order valence-electron chi connectivity index (χ1n) is 3.00. The summed E-state index contributed by atoms with van der Waals surface area (Å²) in [6.07, 6.45) is 0. The third kappa shape index (κ3) is 6.20. The second kappa shape index (κ2) is 5.40. The molecule has 3 nitrogen and oxygen atoms in total. The first-order valence-corrected chi connectivity index (χ1v) is 4.77. The molecule has 0 amide bonds. The van der Waals surface area contributed by atoms with Crippen LogP contribution in [0, 0.1) is 0 Å². The summed E-state index contributed by atoms with van der Waals surface area (Å²) in [6, 6.07) is -0.788. The first kappa shape index (κ1) is 12.7. The SMILES string of the molecule is O=C(O)[C@H](CS)NCC(Cl)(Cl)Cl. The van der Waals surface area contributed by atoms with Gasteiger partial charge in [0, 0.05) is 12.3 Å². The molecule has 0 unspecified atom stereocenters. The zero-order valence-electron chi connectivity index (χ0n) is 5.93. The molecule has 0 radical (unpaired) electrons. The van der Waals surface area contributed by atoms with E-state index in [0.29, 0.717) is 0 Å². The fourth-order valence-corrected chi connectivity index (χ4v) is 0.986. The molecule has 0 aromatic carbocycles. The van der Waals surface area contributed by atoms with Gasteiger partial charge in [0.25, 0.3) is 0 Å². The number of alkyl halides is 3. The Kier molecular flexibility index (Phi) is 5.69. The number of carboxylic acid groups (broad SMARTS) is 1. The Morgan fingerprint density at radius 1 is 1.58 bits per heavy atom. The maximum Gasteiger partial charge on any atom is 0.321 e. The average molecular weight is 253 g/mol. The third-order valence-electron chi connectivity index (χ3n) is 1.03. The minimum atomic E-state index is -1.48. The Bertz CT molecular complexity index is 161. The van der Waals surface area contributed by atoms with Gasteiger partial charge < -0.3 is 5.11 Å². The molecule has 0 spiro atoms. The summed E-state index contributed by atoms with van der Waals surface area (Å²) in [5, 5.41) is 11.1. The number of thiol groups is 1. The topological polar surface area (TPSA) is 49.3 Å². The number of rotatable bonds is 4. The Morgan fingerprint density at radius 2 is 2.08 bits per heavy atom. The molecule has 0 aliphatic heterocycles. The van der Waals surface area contributed by atoms with E-state index in [0.717, 1.165) is 0 Å². The van der Waals surface area contributed by atoms with Crippen molar-refractivity contribution in [1.29, 1.82) is 0 Å². The van der Waals surface area contributed by atoms with Crippen molar-refractivity contribution in [2.24, 2.45) is 0 Å². The van der Waals surface area contributed by atoms with Crippen molar-refractivity contribution in [2.45, 2.75) is 9.83 Å². The minimum absolute atomic E-state index is 0.0187. The van der Waals surface area contributed by atoms with Crippen LogP contribution in [0.4, 0.5) is 0 Å². The summed E-state index contributed by atoms with van der Waals surface area (Å²) in [6.45, 7) is -0.0187. The fourth-order valence-electron chi connectivity index (χ4n) is 0.469. The van der Waals surface area contributed by atoms with Crippen LogP contribution in [0.15, 0.2) is 0 Å². The van der Waals surface area contributed by atoms with E-state index in [9.17, 15) is 4.79 Å². The van der Waals surface area contributed by atoms with Gasteiger partial charge in [-0.25, -0.2) is 0 Å². The van der Waals surface area contributed by atoms with Gasteiger partial charge in [-0.3, -0.25) is 10.1 Å². The summed E-state index contributed by atoms with van der Waals surface area (Å²) in [5.41, 5.74) is 0. The number of hydrogen-bond acceptors (Lipinski definition) is 3. The number of halogens is 3. The third-order valence-corrected chi connectivity index (χ3v) is 1.80. The molecule has 0 aromatic rings. The van der Waals surface area contributed by atoms with Crippen molar-refractivity contribution in [3.8, 4) is 0 Å². The van der Waals surface area contributed by atoms with Crippen LogP contribution >= 0.6 is 47.4 Å². The van der Waals surface area contributed by atoms with Gasteiger partial charge in [0.2, 0.25) is 3.79 Å². The second-order valence-corrected chi connectivity index (χ2v) is 4.95. The van der Waals surface area contributed by atoms with Gasteiger partial charge in [0.05, 0.1) is 0 Å². The Balaban J connectivity index is 3.81. The standard InChI is InChI=1S/C5H8Cl3NO2S/c6-5(7,8)2-9-3(1-12)4(10)11/h3,9,12H,1-2H2,(H,10,11)/t3-/m0/s1. The van der Waals surface area contributed by atoms with Crippen molar-refractivity contribution < 1.29 is 9.90 Å². The van der Waals surface area contributed by atoms with Crippen LogP contribution in [0.2, 0.25) is 0 Å². The average Bonchev–Trinajstić information content (AvgIpc) is 1.85. The predicted molar refractivity (Wildman–Crippen MR) is 53.6 cm³/mol. The van der Waals surface area contributed by atoms with Crippen LogP contribution < -0.4 is 5.32 Å². The molecule has 0 heterocycles. The van der Waals surface area contributed by atoms with Crippen molar-refractivity contribution in [3.63, 3.8) is 0 Å². The van der Waals surface area contributed by atoms with Gasteiger partial charge in [-0.1, -0.05) is 34.8 Å².